The van der Waals surface area contributed by atoms with Crippen molar-refractivity contribution >= 4 is 29.4 Å². The first-order valence-corrected chi connectivity index (χ1v) is 8.26. The van der Waals surface area contributed by atoms with Crippen LogP contribution < -0.4 is 0 Å². The van der Waals surface area contributed by atoms with E-state index in [1.54, 1.807) is 0 Å². The van der Waals surface area contributed by atoms with Gasteiger partial charge < -0.3 is 25.5 Å². The van der Waals surface area contributed by atoms with Gasteiger partial charge in [-0.2, -0.15) is 0 Å². The number of nitrogens with zero attached hydrogens (tertiary/aromatic N) is 3. The molecule has 13 heteroatoms. The number of azide groups is 1. The molecule has 13 nitrogen and oxygen atoms in total. The van der Waals surface area contributed by atoms with Crippen LogP contribution in [0.15, 0.2) is 5.11 Å². The molecule has 0 bridgehead atoms. The van der Waals surface area contributed by atoms with E-state index in [0.717, 1.165) is 6.92 Å². The topological polar surface area (TPSA) is 235 Å². The number of Topliss-reactive ketones (excluding diaryl/α,β-unsaturated/α-hetero) is 4. The molecule has 0 radical (unpaired) electrons. The molecule has 0 saturated heterocycles. The van der Waals surface area contributed by atoms with Gasteiger partial charge in [0.05, 0.1) is 0 Å². The van der Waals surface area contributed by atoms with E-state index in [0.29, 0.717) is 13.8 Å². The lowest BCUT2D eigenvalue weighted by Crippen LogP contribution is -2.81. The molecule has 0 aliphatic carbocycles. The van der Waals surface area contributed by atoms with Gasteiger partial charge in [0.2, 0.25) is 11.2 Å². The number of carbonyl (C=O) groups is 5. The van der Waals surface area contributed by atoms with Crippen molar-refractivity contribution in [3.05, 3.63) is 10.4 Å². The molecule has 5 N–H and O–H groups in total. The number of aliphatic hydroxyl groups excluding tert-OH is 2. The number of hydrogen-bond acceptors (Lipinski definition) is 11. The first-order chi connectivity index (χ1) is 13.2. The number of aldehydes is 1. The van der Waals surface area contributed by atoms with Gasteiger partial charge in [-0.05, 0) is 32.7 Å². The van der Waals surface area contributed by atoms with Crippen molar-refractivity contribution in [2.45, 2.75) is 62.6 Å². The van der Waals surface area contributed by atoms with Crippen LogP contribution in [0.25, 0.3) is 10.4 Å². The molecule has 0 fully saturated rings. The first-order valence-electron chi connectivity index (χ1n) is 8.26. The van der Waals surface area contributed by atoms with Crippen molar-refractivity contribution in [1.82, 2.24) is 0 Å². The Balaban J connectivity index is 6.68. The van der Waals surface area contributed by atoms with Crippen molar-refractivity contribution in [3.8, 4) is 0 Å². The lowest BCUT2D eigenvalue weighted by molar-refractivity contribution is -0.249. The Labute approximate surface area is 164 Å². The molecule has 0 aliphatic heterocycles. The monoisotopic (exact) mass is 417 g/mol. The van der Waals surface area contributed by atoms with Gasteiger partial charge in [0.25, 0.3) is 0 Å². The van der Waals surface area contributed by atoms with Crippen molar-refractivity contribution < 1.29 is 49.5 Å². The Morgan fingerprint density at radius 3 is 1.93 bits per heavy atom. The minimum absolute atomic E-state index is 0.246. The van der Waals surface area contributed by atoms with Crippen molar-refractivity contribution in [1.29, 1.82) is 0 Å². The summed E-state index contributed by atoms with van der Waals surface area (Å²) in [6, 6.07) is 0. The van der Waals surface area contributed by atoms with E-state index in [9.17, 15) is 49.5 Å². The molecular weight excluding hydrogens is 394 g/mol. The Hall–Kier alpha value is -2.54. The van der Waals surface area contributed by atoms with Crippen molar-refractivity contribution in [2.75, 3.05) is 6.54 Å². The van der Waals surface area contributed by atoms with Crippen molar-refractivity contribution in [3.63, 3.8) is 0 Å². The minimum Gasteiger partial charge on any atom is -0.386 e. The van der Waals surface area contributed by atoms with Crippen LogP contribution >= 0.6 is 0 Å². The predicted octanol–water partition coefficient (Wildman–Crippen LogP) is -2.47. The zero-order chi connectivity index (χ0) is 23.2. The fraction of sp³-hybridized carbons (Fsp3) is 0.688. The average Bonchev–Trinajstić information content (AvgIpc) is 2.67. The number of rotatable bonds is 13. The highest BCUT2D eigenvalue weighted by Crippen LogP contribution is 2.39. The maximum Gasteiger partial charge on any atom is 0.217 e. The fourth-order valence-corrected chi connectivity index (χ4v) is 2.85. The molecule has 0 saturated carbocycles. The van der Waals surface area contributed by atoms with Gasteiger partial charge in [-0.25, -0.2) is 0 Å². The summed E-state index contributed by atoms with van der Waals surface area (Å²) in [7, 11) is 0. The van der Waals surface area contributed by atoms with E-state index in [1.165, 1.54) is 0 Å². The summed E-state index contributed by atoms with van der Waals surface area (Å²) in [5, 5.41) is 55.3. The Morgan fingerprint density at radius 2 is 1.59 bits per heavy atom. The van der Waals surface area contributed by atoms with E-state index in [-0.39, 0.29) is 13.0 Å². The normalized spacial score (nSPS) is 19.3. The van der Waals surface area contributed by atoms with Crippen LogP contribution in [0.3, 0.4) is 0 Å². The lowest BCUT2D eigenvalue weighted by Gasteiger charge is -2.48. The summed E-state index contributed by atoms with van der Waals surface area (Å²) in [4.78, 5) is 62.2. The summed E-state index contributed by atoms with van der Waals surface area (Å²) in [5.41, 5.74) is -3.36. The molecule has 0 heterocycles. The third kappa shape index (κ3) is 4.40. The van der Waals surface area contributed by atoms with Gasteiger partial charge in [0, 0.05) is 17.9 Å². The maximum absolute atomic E-state index is 12.4. The van der Waals surface area contributed by atoms with Gasteiger partial charge in [-0.15, -0.1) is 0 Å². The van der Waals surface area contributed by atoms with Crippen molar-refractivity contribution in [2.24, 2.45) is 5.11 Å². The van der Waals surface area contributed by atoms with Crippen LogP contribution in [0.5, 0.6) is 0 Å². The Kier molecular flexibility index (Phi) is 8.93. The highest BCUT2D eigenvalue weighted by molar-refractivity contribution is 6.12. The molecule has 0 aromatic rings. The molecule has 1 unspecified atom stereocenters. The van der Waals surface area contributed by atoms with E-state index in [2.05, 4.69) is 10.0 Å². The second-order valence-corrected chi connectivity index (χ2v) is 6.45. The second kappa shape index (κ2) is 9.78. The van der Waals surface area contributed by atoms with Gasteiger partial charge in [-0.1, -0.05) is 5.11 Å². The van der Waals surface area contributed by atoms with E-state index < -0.39 is 64.9 Å². The molecule has 29 heavy (non-hydrogen) atoms. The van der Waals surface area contributed by atoms with E-state index in [1.807, 2.05) is 0 Å². The van der Waals surface area contributed by atoms with Crippen LogP contribution in [0.4, 0.5) is 0 Å². The number of aliphatic hydroxyl groups is 5. The SMILES string of the molecule is CC(=O)C(O)[C@@H](O)[C@](O)(C(C)=O)[C@@](O)(C(C)=O)[C@@](O)(C=O)C(=O)CCCN=[N+]=[N-]. The third-order valence-corrected chi connectivity index (χ3v) is 4.61. The Bertz CT molecular complexity index is 749. The smallest absolute Gasteiger partial charge is 0.217 e. The largest absolute Gasteiger partial charge is 0.386 e. The van der Waals surface area contributed by atoms with Crippen LogP contribution in [0.2, 0.25) is 0 Å². The van der Waals surface area contributed by atoms with Crippen LogP contribution in [-0.4, -0.2) is 90.5 Å². The highest BCUT2D eigenvalue weighted by atomic mass is 16.4. The number of hydrogen-bond donors (Lipinski definition) is 5. The van der Waals surface area contributed by atoms with Gasteiger partial charge in [-0.3, -0.25) is 24.0 Å². The zero-order valence-electron chi connectivity index (χ0n) is 16.0. The third-order valence-electron chi connectivity index (χ3n) is 4.61. The predicted molar refractivity (Wildman–Crippen MR) is 93.2 cm³/mol. The van der Waals surface area contributed by atoms with E-state index >= 15 is 0 Å². The molecule has 0 aromatic heterocycles. The molecule has 0 rings (SSSR count). The van der Waals surface area contributed by atoms with E-state index in [4.69, 9.17) is 5.53 Å². The van der Waals surface area contributed by atoms with Gasteiger partial charge in [0.15, 0.2) is 35.0 Å². The zero-order valence-corrected chi connectivity index (χ0v) is 16.0. The quantitative estimate of drug-likeness (QED) is 0.0528. The molecule has 162 valence electrons. The molecule has 0 aromatic carbocycles. The summed E-state index contributed by atoms with van der Waals surface area (Å²) >= 11 is 0. The van der Waals surface area contributed by atoms with Gasteiger partial charge in [0.1, 0.15) is 12.2 Å². The average molecular weight is 417 g/mol. The van der Waals surface area contributed by atoms with Crippen LogP contribution in [0.1, 0.15) is 33.6 Å². The van der Waals surface area contributed by atoms with Gasteiger partial charge >= 0.3 is 0 Å². The first kappa shape index (κ1) is 26.5. The summed E-state index contributed by atoms with van der Waals surface area (Å²) in [5.74, 6) is -6.07. The van der Waals surface area contributed by atoms with Crippen LogP contribution in [0, 0.1) is 0 Å². The Morgan fingerprint density at radius 1 is 1.07 bits per heavy atom. The summed E-state index contributed by atoms with van der Waals surface area (Å²) < 4.78 is 0. The second-order valence-electron chi connectivity index (χ2n) is 6.45. The molecule has 0 aliphatic rings. The summed E-state index contributed by atoms with van der Waals surface area (Å²) in [6.07, 6.45) is -7.02. The summed E-state index contributed by atoms with van der Waals surface area (Å²) in [6.45, 7) is 1.51. The highest BCUT2D eigenvalue weighted by Gasteiger charge is 2.73. The molecule has 5 atom stereocenters. The fourth-order valence-electron chi connectivity index (χ4n) is 2.85. The number of ketones is 4. The molecule has 0 spiro atoms. The molecule has 0 amide bonds. The van der Waals surface area contributed by atoms with Crippen LogP contribution in [-0.2, 0) is 24.0 Å². The maximum atomic E-state index is 12.4. The lowest BCUT2D eigenvalue weighted by atomic mass is 9.62. The molecular formula is C16H23N3O10. The minimum atomic E-state index is -3.97. The number of carbonyl (C=O) groups excluding carboxylic acids is 5. The standard InChI is InChI=1S/C16H23N3O10/c1-8(21)12(25)13(26)15(28,9(2)22)16(29,10(3)23)14(27,7-20)11(24)5-4-6-18-19-17/h7,12-13,25-29H,4-6H2,1-3H3/t12?,13-,14-,15-,16-/m1/s1.